The van der Waals surface area contributed by atoms with E-state index in [1.54, 1.807) is 25.2 Å². The Morgan fingerprint density at radius 1 is 1.08 bits per heavy atom. The highest BCUT2D eigenvalue weighted by atomic mass is 35.5. The molecule has 0 saturated heterocycles. The van der Waals surface area contributed by atoms with Crippen molar-refractivity contribution in [2.75, 3.05) is 11.9 Å². The van der Waals surface area contributed by atoms with Gasteiger partial charge >= 0.3 is 0 Å². The zero-order chi connectivity index (χ0) is 17.4. The van der Waals surface area contributed by atoms with Crippen LogP contribution in [0.4, 0.5) is 5.13 Å². The lowest BCUT2D eigenvalue weighted by Gasteiger charge is -2.11. The van der Waals surface area contributed by atoms with Crippen LogP contribution in [-0.4, -0.2) is 17.9 Å². The summed E-state index contributed by atoms with van der Waals surface area (Å²) in [5, 5.41) is 1.21. The van der Waals surface area contributed by atoms with Crippen LogP contribution in [0.1, 0.15) is 10.6 Å². The van der Waals surface area contributed by atoms with E-state index in [0.717, 1.165) is 15.8 Å². The van der Waals surface area contributed by atoms with Gasteiger partial charge in [0.1, 0.15) is 5.76 Å². The Morgan fingerprint density at radius 2 is 1.84 bits per heavy atom. The summed E-state index contributed by atoms with van der Waals surface area (Å²) in [5.74, 6) is 0.556. The normalized spacial score (nSPS) is 11.0. The summed E-state index contributed by atoms with van der Waals surface area (Å²) < 4.78 is 6.77. The average Bonchev–Trinajstić information content (AvgIpc) is 3.28. The molecule has 2 aromatic carbocycles. The van der Waals surface area contributed by atoms with Gasteiger partial charge in [-0.25, -0.2) is 4.98 Å². The summed E-state index contributed by atoms with van der Waals surface area (Å²) in [4.78, 5) is 18.7. The van der Waals surface area contributed by atoms with Gasteiger partial charge in [-0.3, -0.25) is 9.69 Å². The summed E-state index contributed by atoms with van der Waals surface area (Å²) in [5.41, 5.74) is 1.63. The Kier molecular flexibility index (Phi) is 4.03. The molecule has 4 nitrogen and oxygen atoms in total. The second kappa shape index (κ2) is 6.35. The van der Waals surface area contributed by atoms with Crippen molar-refractivity contribution in [3.63, 3.8) is 0 Å². The van der Waals surface area contributed by atoms with Gasteiger partial charge in [0.2, 0.25) is 0 Å². The maximum atomic E-state index is 12.7. The van der Waals surface area contributed by atoms with Crippen molar-refractivity contribution in [3.8, 4) is 11.3 Å². The monoisotopic (exact) mass is 368 g/mol. The maximum absolute atomic E-state index is 12.7. The van der Waals surface area contributed by atoms with Crippen LogP contribution in [0.15, 0.2) is 65.1 Å². The Bertz CT molecular complexity index is 1040. The summed E-state index contributed by atoms with van der Waals surface area (Å²) in [6.45, 7) is 0. The molecule has 4 rings (SSSR count). The molecule has 0 N–H and O–H groups in total. The van der Waals surface area contributed by atoms with E-state index in [1.165, 1.54) is 16.2 Å². The minimum Gasteiger partial charge on any atom is -0.451 e. The van der Waals surface area contributed by atoms with Crippen LogP contribution >= 0.6 is 22.9 Å². The number of amides is 1. The molecule has 0 unspecified atom stereocenters. The van der Waals surface area contributed by atoms with Crippen LogP contribution in [0.2, 0.25) is 5.02 Å². The van der Waals surface area contributed by atoms with Gasteiger partial charge in [0.05, 0.1) is 15.2 Å². The van der Waals surface area contributed by atoms with E-state index >= 15 is 0 Å². The van der Waals surface area contributed by atoms with E-state index in [9.17, 15) is 4.79 Å². The van der Waals surface area contributed by atoms with Crippen LogP contribution in [0, 0.1) is 0 Å². The standard InChI is InChI=1S/C19H13ClN2O2S/c1-22(19-21-14-8-4-5-9-17(14)25-19)18(23)16-11-10-15(24-16)12-6-2-3-7-13(12)20/h2-11H,1H3. The van der Waals surface area contributed by atoms with E-state index in [-0.39, 0.29) is 11.7 Å². The van der Waals surface area contributed by atoms with Crippen LogP contribution < -0.4 is 4.90 Å². The van der Waals surface area contributed by atoms with Gasteiger partial charge in [0.25, 0.3) is 5.91 Å². The zero-order valence-corrected chi connectivity index (χ0v) is 14.8. The molecule has 2 aromatic heterocycles. The predicted octanol–water partition coefficient (Wildman–Crippen LogP) is 5.49. The van der Waals surface area contributed by atoms with Crippen molar-refractivity contribution >= 4 is 44.2 Å². The number of para-hydroxylation sites is 1. The van der Waals surface area contributed by atoms with Gasteiger partial charge in [-0.1, -0.05) is 47.2 Å². The van der Waals surface area contributed by atoms with Crippen LogP contribution in [0.3, 0.4) is 0 Å². The first-order valence-corrected chi connectivity index (χ1v) is 8.81. The minimum atomic E-state index is -0.252. The number of anilines is 1. The number of carbonyl (C=O) groups is 1. The lowest BCUT2D eigenvalue weighted by molar-refractivity contribution is 0.0967. The molecule has 1 amide bonds. The fraction of sp³-hybridized carbons (Fsp3) is 0.0526. The number of benzene rings is 2. The van der Waals surface area contributed by atoms with Crippen molar-refractivity contribution in [3.05, 3.63) is 71.4 Å². The molecule has 0 radical (unpaired) electrons. The van der Waals surface area contributed by atoms with Gasteiger partial charge in [0.15, 0.2) is 10.9 Å². The summed E-state index contributed by atoms with van der Waals surface area (Å²) >= 11 is 7.65. The highest BCUT2D eigenvalue weighted by molar-refractivity contribution is 7.22. The van der Waals surface area contributed by atoms with Gasteiger partial charge in [-0.2, -0.15) is 0 Å². The second-order valence-corrected chi connectivity index (χ2v) is 6.89. The van der Waals surface area contributed by atoms with Crippen molar-refractivity contribution in [2.45, 2.75) is 0 Å². The number of aromatic nitrogens is 1. The molecule has 0 spiro atoms. The first kappa shape index (κ1) is 15.9. The first-order chi connectivity index (χ1) is 12.1. The van der Waals surface area contributed by atoms with E-state index in [1.807, 2.05) is 42.5 Å². The Hall–Kier alpha value is -2.63. The number of hydrogen-bond donors (Lipinski definition) is 0. The summed E-state index contributed by atoms with van der Waals surface area (Å²) in [6.07, 6.45) is 0. The summed E-state index contributed by atoms with van der Waals surface area (Å²) in [7, 11) is 1.69. The Labute approximate surface area is 153 Å². The third-order valence-corrected chi connectivity index (χ3v) is 5.27. The molecule has 124 valence electrons. The SMILES string of the molecule is CN(C(=O)c1ccc(-c2ccccc2Cl)o1)c1nc2ccccc2s1. The molecule has 0 bridgehead atoms. The molecule has 0 aliphatic heterocycles. The van der Waals surface area contributed by atoms with E-state index in [4.69, 9.17) is 16.0 Å². The fourth-order valence-corrected chi connectivity index (χ4v) is 3.67. The lowest BCUT2D eigenvalue weighted by atomic mass is 10.2. The molecule has 0 fully saturated rings. The first-order valence-electron chi connectivity index (χ1n) is 7.62. The molecule has 6 heteroatoms. The average molecular weight is 369 g/mol. The van der Waals surface area contributed by atoms with E-state index in [0.29, 0.717) is 15.9 Å². The number of rotatable bonds is 3. The molecule has 25 heavy (non-hydrogen) atoms. The highest BCUT2D eigenvalue weighted by Crippen LogP contribution is 2.31. The smallest absolute Gasteiger partial charge is 0.295 e. The number of hydrogen-bond acceptors (Lipinski definition) is 4. The lowest BCUT2D eigenvalue weighted by Crippen LogP contribution is -2.25. The number of thiazole rings is 1. The Morgan fingerprint density at radius 3 is 2.64 bits per heavy atom. The number of furan rings is 1. The third-order valence-electron chi connectivity index (χ3n) is 3.83. The number of fused-ring (bicyclic) bond motifs is 1. The van der Waals surface area contributed by atoms with Gasteiger partial charge in [-0.15, -0.1) is 0 Å². The number of nitrogens with zero attached hydrogens (tertiary/aromatic N) is 2. The highest BCUT2D eigenvalue weighted by Gasteiger charge is 2.21. The Balaban J connectivity index is 1.63. The van der Waals surface area contributed by atoms with E-state index in [2.05, 4.69) is 4.98 Å². The molecule has 0 atom stereocenters. The van der Waals surface area contributed by atoms with Crippen molar-refractivity contribution < 1.29 is 9.21 Å². The largest absolute Gasteiger partial charge is 0.451 e. The topological polar surface area (TPSA) is 46.3 Å². The van der Waals surface area contributed by atoms with Gasteiger partial charge in [0, 0.05) is 12.6 Å². The van der Waals surface area contributed by atoms with Gasteiger partial charge in [-0.05, 0) is 36.4 Å². The summed E-state index contributed by atoms with van der Waals surface area (Å²) in [6, 6.07) is 18.6. The molecule has 0 aliphatic rings. The third kappa shape index (κ3) is 2.92. The minimum absolute atomic E-state index is 0.247. The zero-order valence-electron chi connectivity index (χ0n) is 13.3. The quantitative estimate of drug-likeness (QED) is 0.480. The van der Waals surface area contributed by atoms with Crippen molar-refractivity contribution in [1.29, 1.82) is 0 Å². The van der Waals surface area contributed by atoms with Crippen LogP contribution in [0.5, 0.6) is 0 Å². The fourth-order valence-electron chi connectivity index (χ4n) is 2.51. The van der Waals surface area contributed by atoms with Gasteiger partial charge < -0.3 is 4.42 Å². The molecule has 2 heterocycles. The van der Waals surface area contributed by atoms with E-state index < -0.39 is 0 Å². The number of carbonyl (C=O) groups excluding carboxylic acids is 1. The van der Waals surface area contributed by atoms with Crippen molar-refractivity contribution in [1.82, 2.24) is 4.98 Å². The van der Waals surface area contributed by atoms with Crippen LogP contribution in [0.25, 0.3) is 21.5 Å². The van der Waals surface area contributed by atoms with Crippen LogP contribution in [-0.2, 0) is 0 Å². The predicted molar refractivity (Wildman–Crippen MR) is 102 cm³/mol. The molecule has 4 aromatic rings. The molecular weight excluding hydrogens is 356 g/mol. The molecule has 0 aliphatic carbocycles. The molecular formula is C19H13ClN2O2S. The number of halogens is 1. The van der Waals surface area contributed by atoms with Crippen molar-refractivity contribution in [2.24, 2.45) is 0 Å². The second-order valence-electron chi connectivity index (χ2n) is 5.47. The maximum Gasteiger partial charge on any atom is 0.295 e. The molecule has 0 saturated carbocycles.